The lowest BCUT2D eigenvalue weighted by molar-refractivity contribution is -0.0605. The van der Waals surface area contributed by atoms with Crippen molar-refractivity contribution in [2.24, 2.45) is 0 Å². The van der Waals surface area contributed by atoms with Crippen LogP contribution in [0.4, 0.5) is 0 Å². The largest absolute Gasteiger partial charge is 0.672 e. The Hall–Kier alpha value is 0.388. The summed E-state index contributed by atoms with van der Waals surface area (Å²) in [5, 5.41) is 0. The first-order valence-corrected chi connectivity index (χ1v) is 28.6. The van der Waals surface area contributed by atoms with Gasteiger partial charge in [-0.1, -0.05) is 120 Å². The Morgan fingerprint density at radius 2 is 0.377 bits per heavy atom. The van der Waals surface area contributed by atoms with Gasteiger partial charge in [0.25, 0.3) is 0 Å². The van der Waals surface area contributed by atoms with Crippen molar-refractivity contribution >= 4 is 35.9 Å². The van der Waals surface area contributed by atoms with E-state index in [9.17, 15) is 0 Å². The molecular formula is C37H84O12Si4. The molecule has 0 aliphatic heterocycles. The van der Waals surface area contributed by atoms with Crippen LogP contribution in [0.1, 0.15) is 178 Å². The first-order chi connectivity index (χ1) is 25.7. The summed E-state index contributed by atoms with van der Waals surface area (Å²) in [5.41, 5.74) is 0. The van der Waals surface area contributed by atoms with Crippen LogP contribution in [0.3, 0.4) is 0 Å². The molecule has 0 aromatic carbocycles. The zero-order valence-corrected chi connectivity index (χ0v) is 40.0. The molecule has 0 spiro atoms. The van der Waals surface area contributed by atoms with E-state index in [1.807, 2.05) is 6.55 Å². The first kappa shape index (κ1) is 53.4. The van der Waals surface area contributed by atoms with E-state index in [1.165, 1.54) is 0 Å². The molecule has 0 aromatic rings. The van der Waals surface area contributed by atoms with Gasteiger partial charge in [-0.05, 0) is 57.8 Å². The molecule has 0 aromatic heterocycles. The Balaban J connectivity index is 7.65. The quantitative estimate of drug-likeness (QED) is 0.0431. The number of rotatable bonds is 42. The molecule has 0 fully saturated rings. The van der Waals surface area contributed by atoms with Gasteiger partial charge in [0.15, 0.2) is 0 Å². The van der Waals surface area contributed by atoms with Crippen LogP contribution in [0.5, 0.6) is 0 Å². The molecule has 0 radical (unpaired) electrons. The van der Waals surface area contributed by atoms with Gasteiger partial charge >= 0.3 is 35.9 Å². The molecule has 0 unspecified atom stereocenters. The highest BCUT2D eigenvalue weighted by Gasteiger charge is 2.65. The summed E-state index contributed by atoms with van der Waals surface area (Å²) in [4.78, 5) is 0. The lowest BCUT2D eigenvalue weighted by Gasteiger charge is -2.42. The van der Waals surface area contributed by atoms with Gasteiger partial charge in [-0.2, -0.15) is 0 Å². The lowest BCUT2D eigenvalue weighted by atomic mass is 10.4. The summed E-state index contributed by atoms with van der Waals surface area (Å²) in [6, 6.07) is 0. The van der Waals surface area contributed by atoms with Crippen LogP contribution in [-0.4, -0.2) is 95.4 Å². The molecule has 0 atom stereocenters. The standard InChI is InChI=1S/C37H84O12Si4/c1-11-20-29-38-51(39-30-21-12-2,40-31-22-13-3)47-50(10,48-52(41-32-23-14-4,42-33-24-15-5)43-34-25-16-6)49-53(44-35-26-17-7,45-36-27-18-8)46-37-28-19-9/h11-37H2,1-10H3. The summed E-state index contributed by atoms with van der Waals surface area (Å²) >= 11 is 0. The third-order valence-electron chi connectivity index (χ3n) is 7.92. The molecule has 0 bridgehead atoms. The van der Waals surface area contributed by atoms with Gasteiger partial charge in [-0.25, -0.2) is 0 Å². The molecule has 0 aliphatic rings. The second kappa shape index (κ2) is 34.4. The molecule has 0 rings (SSSR count). The van der Waals surface area contributed by atoms with Crippen LogP contribution in [-0.2, 0) is 52.2 Å². The number of hydrogen-bond acceptors (Lipinski definition) is 12. The Labute approximate surface area is 331 Å². The van der Waals surface area contributed by atoms with Gasteiger partial charge in [0.2, 0.25) is 0 Å². The summed E-state index contributed by atoms with van der Waals surface area (Å²) in [6.45, 7) is 24.5. The van der Waals surface area contributed by atoms with E-state index >= 15 is 0 Å². The van der Waals surface area contributed by atoms with Crippen molar-refractivity contribution in [3.05, 3.63) is 0 Å². The summed E-state index contributed by atoms with van der Waals surface area (Å²) < 4.78 is 81.0. The monoisotopic (exact) mass is 833 g/mol. The molecule has 0 N–H and O–H groups in total. The average molecular weight is 833 g/mol. The Bertz CT molecular complexity index is 628. The Morgan fingerprint density at radius 1 is 0.245 bits per heavy atom. The summed E-state index contributed by atoms with van der Waals surface area (Å²) in [5.74, 6) is 0. The van der Waals surface area contributed by atoms with Crippen molar-refractivity contribution in [1.82, 2.24) is 0 Å². The fourth-order valence-electron chi connectivity index (χ4n) is 4.46. The molecule has 0 saturated carbocycles. The fraction of sp³-hybridized carbons (Fsp3) is 1.00. The van der Waals surface area contributed by atoms with Crippen LogP contribution >= 0.6 is 0 Å². The Kier molecular flexibility index (Phi) is 34.7. The molecule has 320 valence electrons. The molecule has 53 heavy (non-hydrogen) atoms. The third kappa shape index (κ3) is 25.4. The average Bonchev–Trinajstić information content (AvgIpc) is 3.12. The first-order valence-electron chi connectivity index (χ1n) is 21.5. The van der Waals surface area contributed by atoms with Gasteiger partial charge in [0.05, 0.1) is 0 Å². The SMILES string of the molecule is CCCCO[Si](OCCCC)(OCCCC)O[Si](C)(O[Si](OCCCC)(OCCCC)OCCCC)O[Si](OCCCC)(OCCCC)OCCCC. The second-order valence-corrected chi connectivity index (χ2v) is 23.3. The van der Waals surface area contributed by atoms with Crippen molar-refractivity contribution in [2.75, 3.05) is 59.5 Å². The Morgan fingerprint density at radius 3 is 0.491 bits per heavy atom. The minimum absolute atomic E-state index is 0.399. The highest BCUT2D eigenvalue weighted by Crippen LogP contribution is 2.31. The van der Waals surface area contributed by atoms with Crippen molar-refractivity contribution in [1.29, 1.82) is 0 Å². The molecule has 12 nitrogen and oxygen atoms in total. The van der Waals surface area contributed by atoms with E-state index in [1.54, 1.807) is 0 Å². The zero-order valence-electron chi connectivity index (χ0n) is 36.0. The van der Waals surface area contributed by atoms with E-state index in [0.29, 0.717) is 59.5 Å². The summed E-state index contributed by atoms with van der Waals surface area (Å²) in [7, 11) is -16.0. The molecule has 0 heterocycles. The highest BCUT2D eigenvalue weighted by atomic mass is 28.5. The zero-order chi connectivity index (χ0) is 39.6. The van der Waals surface area contributed by atoms with E-state index in [0.717, 1.165) is 116 Å². The fourth-order valence-corrected chi connectivity index (χ4v) is 18.0. The van der Waals surface area contributed by atoms with Crippen molar-refractivity contribution in [3.63, 3.8) is 0 Å². The van der Waals surface area contributed by atoms with Gasteiger partial charge < -0.3 is 52.2 Å². The van der Waals surface area contributed by atoms with Gasteiger partial charge in [0, 0.05) is 66.0 Å². The molecular weight excluding hydrogens is 749 g/mol. The van der Waals surface area contributed by atoms with E-state index in [2.05, 4.69) is 62.3 Å². The maximum absolute atomic E-state index is 7.17. The van der Waals surface area contributed by atoms with Gasteiger partial charge in [-0.15, -0.1) is 0 Å². The van der Waals surface area contributed by atoms with Crippen LogP contribution in [0.2, 0.25) is 6.55 Å². The number of unbranched alkanes of at least 4 members (excludes halogenated alkanes) is 9. The predicted octanol–water partition coefficient (Wildman–Crippen LogP) is 10.3. The van der Waals surface area contributed by atoms with Crippen molar-refractivity contribution in [2.45, 2.75) is 184 Å². The van der Waals surface area contributed by atoms with Crippen LogP contribution in [0, 0.1) is 0 Å². The van der Waals surface area contributed by atoms with Crippen LogP contribution in [0.15, 0.2) is 0 Å². The maximum atomic E-state index is 7.17. The molecule has 0 saturated heterocycles. The molecule has 0 amide bonds. The topological polar surface area (TPSA) is 111 Å². The predicted molar refractivity (Wildman–Crippen MR) is 220 cm³/mol. The minimum atomic E-state index is -4.14. The van der Waals surface area contributed by atoms with E-state index < -0.39 is 35.9 Å². The maximum Gasteiger partial charge on any atom is 0.672 e. The molecule has 16 heteroatoms. The summed E-state index contributed by atoms with van der Waals surface area (Å²) in [6.07, 6.45) is 15.7. The molecule has 0 aliphatic carbocycles. The van der Waals surface area contributed by atoms with E-state index in [4.69, 9.17) is 52.2 Å². The number of hydrogen-bond donors (Lipinski definition) is 0. The van der Waals surface area contributed by atoms with Crippen LogP contribution in [0.25, 0.3) is 0 Å². The lowest BCUT2D eigenvalue weighted by Crippen LogP contribution is -2.69. The van der Waals surface area contributed by atoms with Gasteiger partial charge in [-0.3, -0.25) is 0 Å². The smallest absolute Gasteiger partial charge is 0.352 e. The van der Waals surface area contributed by atoms with E-state index in [-0.39, 0.29) is 0 Å². The highest BCUT2D eigenvalue weighted by molar-refractivity contribution is 6.81. The third-order valence-corrected chi connectivity index (χ3v) is 20.4. The van der Waals surface area contributed by atoms with Gasteiger partial charge in [0.1, 0.15) is 0 Å². The minimum Gasteiger partial charge on any atom is -0.352 e. The second-order valence-electron chi connectivity index (χ2n) is 13.5. The van der Waals surface area contributed by atoms with Crippen LogP contribution < -0.4 is 0 Å². The normalized spacial score (nSPS) is 13.0. The van der Waals surface area contributed by atoms with Crippen molar-refractivity contribution < 1.29 is 52.2 Å². The van der Waals surface area contributed by atoms with Crippen molar-refractivity contribution in [3.8, 4) is 0 Å².